The summed E-state index contributed by atoms with van der Waals surface area (Å²) in [4.78, 5) is 10.6. The van der Waals surface area contributed by atoms with E-state index in [4.69, 9.17) is 5.26 Å². The summed E-state index contributed by atoms with van der Waals surface area (Å²) in [6.07, 6.45) is 7.09. The van der Waals surface area contributed by atoms with Crippen LogP contribution in [0.5, 0.6) is 5.75 Å². The molecule has 0 amide bonds. The van der Waals surface area contributed by atoms with Crippen molar-refractivity contribution in [3.8, 4) is 28.8 Å². The summed E-state index contributed by atoms with van der Waals surface area (Å²) >= 11 is 0. The number of nitrogens with one attached hydrogen (secondary N) is 1. The van der Waals surface area contributed by atoms with Crippen LogP contribution >= 0.6 is 0 Å². The molecule has 1 unspecified atom stereocenters. The smallest absolute Gasteiger partial charge is 0.176 e. The molecule has 2 aromatic heterocycles. The van der Waals surface area contributed by atoms with Crippen molar-refractivity contribution in [2.24, 2.45) is 0 Å². The van der Waals surface area contributed by atoms with Crippen LogP contribution in [0.25, 0.3) is 16.9 Å². The average molecular weight is 464 g/mol. The van der Waals surface area contributed by atoms with E-state index in [0.717, 1.165) is 18.7 Å². The number of halogens is 1. The summed E-state index contributed by atoms with van der Waals surface area (Å²) in [7, 11) is 2.03. The Labute approximate surface area is 196 Å². The Morgan fingerprint density at radius 1 is 1.24 bits per heavy atom. The number of aromatic nitrogens is 4. The number of piperidine rings is 1. The van der Waals surface area contributed by atoms with Gasteiger partial charge in [-0.25, -0.2) is 14.6 Å². The van der Waals surface area contributed by atoms with Crippen LogP contribution in [0.1, 0.15) is 45.2 Å². The van der Waals surface area contributed by atoms with Gasteiger partial charge in [0.2, 0.25) is 0 Å². The van der Waals surface area contributed by atoms with Gasteiger partial charge >= 0.3 is 0 Å². The predicted octanol–water partition coefficient (Wildman–Crippen LogP) is 3.69. The van der Waals surface area contributed by atoms with Gasteiger partial charge in [-0.3, -0.25) is 0 Å². The van der Waals surface area contributed by atoms with Crippen LogP contribution in [0.4, 0.5) is 10.2 Å². The lowest BCUT2D eigenvalue weighted by Crippen LogP contribution is -2.58. The van der Waals surface area contributed by atoms with Gasteiger partial charge in [0.1, 0.15) is 18.2 Å². The number of nitrogens with zero attached hydrogens (tertiary/aromatic N) is 6. The lowest BCUT2D eigenvalue weighted by molar-refractivity contribution is -0.137. The number of fused-ring (bicyclic) bond motifs is 2. The standard InChI is InChI=1S/C24H26FN7O2/c1-23-6-7-24(2,30-23)11-16(10-23)31(3)22-5-4-19(28-29-22)17-8-18(25)20(9-21(17)34-33)32-13-15(12-26)27-14-32/h4-5,8-9,13-14,16,30,33H,6-7,10-11H2,1-3H3/t16?,23-,24+. The number of benzene rings is 1. The molecule has 0 spiro atoms. The van der Waals surface area contributed by atoms with Gasteiger partial charge in [-0.15, -0.1) is 10.2 Å². The largest absolute Gasteiger partial charge is 0.355 e. The van der Waals surface area contributed by atoms with Gasteiger partial charge in [0.05, 0.1) is 16.9 Å². The third-order valence-electron chi connectivity index (χ3n) is 7.16. The van der Waals surface area contributed by atoms with E-state index < -0.39 is 5.82 Å². The van der Waals surface area contributed by atoms with Crippen molar-refractivity contribution >= 4 is 5.82 Å². The Morgan fingerprint density at radius 3 is 2.56 bits per heavy atom. The zero-order valence-corrected chi connectivity index (χ0v) is 19.3. The molecule has 0 aliphatic carbocycles. The molecular formula is C24H26FN7O2. The third-order valence-corrected chi connectivity index (χ3v) is 7.16. The molecule has 4 heterocycles. The minimum absolute atomic E-state index is 0.00907. The van der Waals surface area contributed by atoms with Crippen LogP contribution < -0.4 is 15.1 Å². The van der Waals surface area contributed by atoms with Crippen molar-refractivity contribution in [3.05, 3.63) is 48.3 Å². The predicted molar refractivity (Wildman–Crippen MR) is 123 cm³/mol. The van der Waals surface area contributed by atoms with Gasteiger partial charge in [-0.1, -0.05) is 0 Å². The van der Waals surface area contributed by atoms with E-state index in [9.17, 15) is 9.65 Å². The highest BCUT2D eigenvalue weighted by atomic mass is 19.1. The first kappa shape index (κ1) is 22.3. The summed E-state index contributed by atoms with van der Waals surface area (Å²) in [5.41, 5.74) is 1.11. The fourth-order valence-electron chi connectivity index (χ4n) is 5.47. The molecule has 2 fully saturated rings. The van der Waals surface area contributed by atoms with Crippen LogP contribution in [0.15, 0.2) is 36.8 Å². The summed E-state index contributed by atoms with van der Waals surface area (Å²) in [5, 5.41) is 30.9. The minimum atomic E-state index is -0.590. The third kappa shape index (κ3) is 3.87. The van der Waals surface area contributed by atoms with Gasteiger partial charge in [0, 0.05) is 36.4 Å². The van der Waals surface area contributed by atoms with Gasteiger partial charge < -0.3 is 19.7 Å². The second kappa shape index (κ2) is 8.04. The molecule has 2 bridgehead atoms. The lowest BCUT2D eigenvalue weighted by atomic mass is 9.84. The SMILES string of the molecule is CN(c1ccc(-c2cc(F)c(-n3cnc(C#N)c3)cc2OO)nn1)C1C[C@]2(C)CC[C@](C)(C1)N2. The fraction of sp³-hybridized carbons (Fsp3) is 0.417. The molecule has 3 aromatic rings. The maximum Gasteiger partial charge on any atom is 0.176 e. The van der Waals surface area contributed by atoms with Crippen LogP contribution in [-0.2, 0) is 0 Å². The molecule has 9 nitrogen and oxygen atoms in total. The Bertz CT molecular complexity index is 1250. The van der Waals surface area contributed by atoms with E-state index in [0.29, 0.717) is 11.7 Å². The van der Waals surface area contributed by atoms with Crippen molar-refractivity contribution in [2.45, 2.75) is 56.7 Å². The highest BCUT2D eigenvalue weighted by molar-refractivity contribution is 5.70. The van der Waals surface area contributed by atoms with Gasteiger partial charge in [0.25, 0.3) is 0 Å². The molecule has 2 aliphatic rings. The molecule has 1 aromatic carbocycles. The van der Waals surface area contributed by atoms with Crippen molar-refractivity contribution in [1.82, 2.24) is 25.1 Å². The van der Waals surface area contributed by atoms with E-state index in [1.165, 1.54) is 42.1 Å². The first-order valence-corrected chi connectivity index (χ1v) is 11.2. The maximum atomic E-state index is 14.9. The molecule has 0 saturated carbocycles. The van der Waals surface area contributed by atoms with Crippen molar-refractivity contribution < 1.29 is 14.5 Å². The van der Waals surface area contributed by atoms with Crippen molar-refractivity contribution in [2.75, 3.05) is 11.9 Å². The molecule has 10 heteroatoms. The van der Waals surface area contributed by atoms with E-state index in [-0.39, 0.29) is 33.8 Å². The van der Waals surface area contributed by atoms with E-state index in [1.807, 2.05) is 19.2 Å². The summed E-state index contributed by atoms with van der Waals surface area (Å²) in [5.74, 6) is 0.149. The van der Waals surface area contributed by atoms with Crippen LogP contribution in [0.2, 0.25) is 0 Å². The molecule has 2 N–H and O–H groups in total. The minimum Gasteiger partial charge on any atom is -0.355 e. The Kier molecular flexibility index (Phi) is 5.26. The lowest BCUT2D eigenvalue weighted by Gasteiger charge is -2.45. The number of rotatable bonds is 5. The average Bonchev–Trinajstić information content (AvgIpc) is 3.39. The second-order valence-corrected chi connectivity index (χ2v) is 9.87. The quantitative estimate of drug-likeness (QED) is 0.435. The van der Waals surface area contributed by atoms with E-state index in [1.54, 1.807) is 6.07 Å². The summed E-state index contributed by atoms with van der Waals surface area (Å²) in [6.45, 7) is 4.57. The highest BCUT2D eigenvalue weighted by Crippen LogP contribution is 2.44. The molecule has 2 aliphatic heterocycles. The highest BCUT2D eigenvalue weighted by Gasteiger charge is 2.49. The van der Waals surface area contributed by atoms with Gasteiger partial charge in [0.15, 0.2) is 17.3 Å². The van der Waals surface area contributed by atoms with Crippen molar-refractivity contribution in [1.29, 1.82) is 5.26 Å². The first-order chi connectivity index (χ1) is 16.2. The monoisotopic (exact) mass is 463 g/mol. The topological polar surface area (TPSA) is 112 Å². The van der Waals surface area contributed by atoms with E-state index >= 15 is 0 Å². The van der Waals surface area contributed by atoms with Crippen molar-refractivity contribution in [3.63, 3.8) is 0 Å². The number of hydrogen-bond donors (Lipinski definition) is 2. The van der Waals surface area contributed by atoms with Crippen LogP contribution in [-0.4, -0.2) is 49.2 Å². The maximum absolute atomic E-state index is 14.9. The number of anilines is 1. The van der Waals surface area contributed by atoms with Crippen LogP contribution in [0, 0.1) is 17.1 Å². The van der Waals surface area contributed by atoms with E-state index in [2.05, 4.69) is 44.1 Å². The molecular weight excluding hydrogens is 437 g/mol. The molecule has 0 radical (unpaired) electrons. The van der Waals surface area contributed by atoms with Gasteiger partial charge in [-0.05, 0) is 57.7 Å². The first-order valence-electron chi connectivity index (χ1n) is 11.2. The molecule has 34 heavy (non-hydrogen) atoms. The Morgan fingerprint density at radius 2 is 1.97 bits per heavy atom. The molecule has 176 valence electrons. The normalized spacial score (nSPS) is 25.7. The zero-order valence-electron chi connectivity index (χ0n) is 19.3. The Hall–Kier alpha value is -3.55. The second-order valence-electron chi connectivity index (χ2n) is 9.87. The summed E-state index contributed by atoms with van der Waals surface area (Å²) < 4.78 is 16.3. The molecule has 5 rings (SSSR count). The van der Waals surface area contributed by atoms with Gasteiger partial charge in [-0.2, -0.15) is 5.26 Å². The number of imidazole rings is 1. The number of hydrogen-bond acceptors (Lipinski definition) is 8. The van der Waals surface area contributed by atoms with Crippen LogP contribution in [0.3, 0.4) is 0 Å². The number of nitriles is 1. The fourth-order valence-corrected chi connectivity index (χ4v) is 5.47. The summed E-state index contributed by atoms with van der Waals surface area (Å²) in [6, 6.07) is 8.34. The molecule has 3 atom stereocenters. The molecule has 2 saturated heterocycles. The Balaban J connectivity index is 1.41. The zero-order chi connectivity index (χ0) is 24.1.